The van der Waals surface area contributed by atoms with Crippen LogP contribution in [0.2, 0.25) is 0 Å². The number of aryl methyl sites for hydroxylation is 2. The highest BCUT2D eigenvalue weighted by Crippen LogP contribution is 1.91. The van der Waals surface area contributed by atoms with Crippen LogP contribution in [0.1, 0.15) is 25.6 Å². The van der Waals surface area contributed by atoms with E-state index in [4.69, 9.17) is 0 Å². The molecule has 16 heavy (non-hydrogen) atoms. The monoisotopic (exact) mass is 221 g/mol. The third-order valence-electron chi connectivity index (χ3n) is 2.55. The van der Waals surface area contributed by atoms with Crippen LogP contribution in [-0.2, 0) is 13.6 Å². The number of nitrogens with one attached hydrogen (secondary N) is 1. The number of imidazole rings is 2. The molecule has 0 aliphatic carbocycles. The predicted molar refractivity (Wildman–Crippen MR) is 63.8 cm³/mol. The van der Waals surface area contributed by atoms with E-state index in [1.807, 2.05) is 0 Å². The van der Waals surface area contributed by atoms with E-state index in [0.717, 1.165) is 6.54 Å². The Balaban J connectivity index is 0.000000212. The zero-order valence-electron chi connectivity index (χ0n) is 10.3. The van der Waals surface area contributed by atoms with Crippen LogP contribution >= 0.6 is 0 Å². The molecule has 0 unspecified atom stereocenters. The lowest BCUT2D eigenvalue weighted by molar-refractivity contribution is -0.702. The van der Waals surface area contributed by atoms with Gasteiger partial charge in [0.15, 0.2) is 0 Å². The molecule has 0 fully saturated rings. The van der Waals surface area contributed by atoms with Crippen LogP contribution in [0, 0.1) is 6.92 Å². The highest BCUT2D eigenvalue weighted by molar-refractivity contribution is 4.76. The van der Waals surface area contributed by atoms with Crippen molar-refractivity contribution in [1.29, 1.82) is 0 Å². The fraction of sp³-hybridized carbons (Fsp3) is 0.500. The molecule has 0 atom stereocenters. The molecule has 0 aromatic carbocycles. The molecule has 1 N–H and O–H groups in total. The first kappa shape index (κ1) is 12.5. The van der Waals surface area contributed by atoms with Crippen molar-refractivity contribution in [2.24, 2.45) is 7.05 Å². The van der Waals surface area contributed by atoms with E-state index in [2.05, 4.69) is 52.4 Å². The van der Waals surface area contributed by atoms with Crippen molar-refractivity contribution in [2.75, 3.05) is 0 Å². The summed E-state index contributed by atoms with van der Waals surface area (Å²) in [6.45, 7) is 5.53. The van der Waals surface area contributed by atoms with E-state index < -0.39 is 0 Å². The van der Waals surface area contributed by atoms with E-state index >= 15 is 0 Å². The summed E-state index contributed by atoms with van der Waals surface area (Å²) >= 11 is 0. The van der Waals surface area contributed by atoms with Crippen molar-refractivity contribution >= 4 is 0 Å². The van der Waals surface area contributed by atoms with Gasteiger partial charge in [-0.05, 0) is 6.42 Å². The average Bonchev–Trinajstić information content (AvgIpc) is 2.93. The molecule has 0 amide bonds. The van der Waals surface area contributed by atoms with Gasteiger partial charge in [-0.2, -0.15) is 0 Å². The summed E-state index contributed by atoms with van der Waals surface area (Å²) in [5.41, 5.74) is 0. The first-order valence-electron chi connectivity index (χ1n) is 5.69. The van der Waals surface area contributed by atoms with Gasteiger partial charge >= 0.3 is 0 Å². The van der Waals surface area contributed by atoms with Crippen LogP contribution in [0.5, 0.6) is 0 Å². The number of rotatable bonds is 3. The Kier molecular flexibility index (Phi) is 5.32. The Labute approximate surface area is 97.0 Å². The van der Waals surface area contributed by atoms with Gasteiger partial charge in [-0.1, -0.05) is 13.3 Å². The van der Waals surface area contributed by atoms with E-state index in [1.165, 1.54) is 18.7 Å². The van der Waals surface area contributed by atoms with Crippen LogP contribution < -0.4 is 4.57 Å². The summed E-state index contributed by atoms with van der Waals surface area (Å²) in [5, 5.41) is 0. The lowest BCUT2D eigenvalue weighted by Crippen LogP contribution is -2.35. The Morgan fingerprint density at radius 2 is 2.31 bits per heavy atom. The van der Waals surface area contributed by atoms with Gasteiger partial charge in [0.25, 0.3) is 5.82 Å². The Morgan fingerprint density at radius 3 is 2.69 bits per heavy atom. The van der Waals surface area contributed by atoms with Crippen molar-refractivity contribution in [2.45, 2.75) is 33.2 Å². The second-order valence-corrected chi connectivity index (χ2v) is 3.76. The minimum Gasteiger partial charge on any atom is -0.351 e. The topological polar surface area (TPSA) is 37.5 Å². The van der Waals surface area contributed by atoms with Crippen molar-refractivity contribution in [3.8, 4) is 0 Å². The fourth-order valence-electron chi connectivity index (χ4n) is 1.38. The number of hydrogen-bond acceptors (Lipinski definition) is 1. The fourth-order valence-corrected chi connectivity index (χ4v) is 1.38. The molecule has 88 valence electrons. The lowest BCUT2D eigenvalue weighted by Gasteiger charge is -1.95. The minimum atomic E-state index is 1.16. The summed E-state index contributed by atoms with van der Waals surface area (Å²) < 4.78 is 4.44. The van der Waals surface area contributed by atoms with E-state index in [1.54, 1.807) is 18.7 Å². The van der Waals surface area contributed by atoms with Gasteiger partial charge in [0.2, 0.25) is 0 Å². The average molecular weight is 221 g/mol. The molecular weight excluding hydrogens is 200 g/mol. The Morgan fingerprint density at radius 1 is 1.50 bits per heavy atom. The van der Waals surface area contributed by atoms with Crippen LogP contribution in [0.3, 0.4) is 0 Å². The maximum atomic E-state index is 3.67. The van der Waals surface area contributed by atoms with E-state index in [9.17, 15) is 0 Å². The number of aromatic amines is 1. The maximum absolute atomic E-state index is 3.67. The maximum Gasteiger partial charge on any atom is 0.253 e. The second kappa shape index (κ2) is 6.82. The number of nitrogens with zero attached hydrogens (tertiary/aromatic N) is 3. The molecule has 0 radical (unpaired) electrons. The molecule has 0 spiro atoms. The Bertz CT molecular complexity index is 358. The highest BCUT2D eigenvalue weighted by atomic mass is 15.1. The van der Waals surface area contributed by atoms with Gasteiger partial charge in [0.05, 0.1) is 19.9 Å². The molecule has 2 rings (SSSR count). The van der Waals surface area contributed by atoms with Gasteiger partial charge in [-0.25, -0.2) is 14.1 Å². The van der Waals surface area contributed by atoms with Crippen molar-refractivity contribution in [3.05, 3.63) is 36.9 Å². The number of hydrogen-bond donors (Lipinski definition) is 1. The summed E-state index contributed by atoms with van der Waals surface area (Å²) in [6, 6.07) is 0. The summed E-state index contributed by atoms with van der Waals surface area (Å²) in [6.07, 6.45) is 11.9. The lowest BCUT2D eigenvalue weighted by atomic mass is 10.3. The third kappa shape index (κ3) is 3.88. The zero-order chi connectivity index (χ0) is 11.8. The van der Waals surface area contributed by atoms with E-state index in [0.29, 0.717) is 0 Å². The van der Waals surface area contributed by atoms with Crippen molar-refractivity contribution in [1.82, 2.24) is 14.5 Å². The molecule has 0 bridgehead atoms. The molecule has 2 aromatic rings. The van der Waals surface area contributed by atoms with Crippen LogP contribution in [0.25, 0.3) is 0 Å². The van der Waals surface area contributed by atoms with Gasteiger partial charge in [-0.15, -0.1) is 0 Å². The first-order valence-corrected chi connectivity index (χ1v) is 5.69. The van der Waals surface area contributed by atoms with Crippen molar-refractivity contribution < 1.29 is 4.57 Å². The van der Waals surface area contributed by atoms with Gasteiger partial charge < -0.3 is 4.98 Å². The normalized spacial score (nSPS) is 9.69. The van der Waals surface area contributed by atoms with E-state index in [-0.39, 0.29) is 0 Å². The largest absolute Gasteiger partial charge is 0.351 e. The summed E-state index contributed by atoms with van der Waals surface area (Å²) in [5.74, 6) is 1.33. The molecule has 0 saturated heterocycles. The smallest absolute Gasteiger partial charge is 0.253 e. The van der Waals surface area contributed by atoms with Gasteiger partial charge in [0.1, 0.15) is 12.4 Å². The predicted octanol–water partition coefficient (Wildman–Crippen LogP) is 1.83. The SMILES string of the molecule is CCCC[n+]1ccn(C)c1C.c1c[nH]cn1. The first-order chi connectivity index (χ1) is 7.75. The summed E-state index contributed by atoms with van der Waals surface area (Å²) in [4.78, 5) is 6.42. The number of H-pyrrole nitrogens is 1. The molecule has 0 saturated carbocycles. The second-order valence-electron chi connectivity index (χ2n) is 3.76. The molecule has 0 aliphatic heterocycles. The molecule has 0 aliphatic rings. The zero-order valence-corrected chi connectivity index (χ0v) is 10.3. The van der Waals surface area contributed by atoms with Crippen LogP contribution in [0.4, 0.5) is 0 Å². The number of aromatic nitrogens is 4. The minimum absolute atomic E-state index is 1.16. The molecule has 2 aromatic heterocycles. The standard InChI is InChI=1S/C9H17N2.C3H4N2/c1-4-5-6-11-8-7-10(3)9(11)2;1-2-5-3-4-1/h7-8H,4-6H2,1-3H3;1-3H,(H,4,5)/q+1;. The van der Waals surface area contributed by atoms with Crippen LogP contribution in [0.15, 0.2) is 31.1 Å². The summed E-state index contributed by atoms with van der Waals surface area (Å²) in [7, 11) is 2.08. The molecule has 2 heterocycles. The Hall–Kier alpha value is -1.58. The third-order valence-corrected chi connectivity index (χ3v) is 2.55. The van der Waals surface area contributed by atoms with Gasteiger partial charge in [-0.3, -0.25) is 0 Å². The van der Waals surface area contributed by atoms with Crippen LogP contribution in [-0.4, -0.2) is 14.5 Å². The molecule has 4 heteroatoms. The molecular formula is C12H21N4+. The number of unbranched alkanes of at least 4 members (excludes halogenated alkanes) is 1. The highest BCUT2D eigenvalue weighted by Gasteiger charge is 2.06. The quantitative estimate of drug-likeness (QED) is 0.789. The molecule has 4 nitrogen and oxygen atoms in total. The van der Waals surface area contributed by atoms with Gasteiger partial charge in [0, 0.05) is 19.3 Å². The van der Waals surface area contributed by atoms with Crippen molar-refractivity contribution in [3.63, 3.8) is 0 Å².